The number of carbonyl (C=O) groups excluding carboxylic acids is 2. The Balaban J connectivity index is 1.52. The van der Waals surface area contributed by atoms with E-state index in [0.29, 0.717) is 29.8 Å². The summed E-state index contributed by atoms with van der Waals surface area (Å²) in [5.74, 6) is 1.36. The minimum Gasteiger partial charge on any atom is -0.356 e. The van der Waals surface area contributed by atoms with Gasteiger partial charge in [0, 0.05) is 42.0 Å². The molecule has 0 unspecified atom stereocenters. The van der Waals surface area contributed by atoms with Crippen LogP contribution in [0, 0.1) is 5.92 Å². The topological polar surface area (TPSA) is 82.6 Å². The molecule has 0 bridgehead atoms. The fourth-order valence-corrected chi connectivity index (χ4v) is 3.76. The molecule has 162 valence electrons. The molecule has 1 aliphatic heterocycles. The van der Waals surface area contributed by atoms with E-state index < -0.39 is 0 Å². The number of rotatable bonds is 7. The Labute approximate surface area is 183 Å². The highest BCUT2D eigenvalue weighted by molar-refractivity contribution is 6.06. The Kier molecular flexibility index (Phi) is 6.35. The van der Waals surface area contributed by atoms with Crippen molar-refractivity contribution in [1.82, 2.24) is 10.6 Å². The molecule has 1 saturated carbocycles. The van der Waals surface area contributed by atoms with Crippen molar-refractivity contribution >= 4 is 29.0 Å². The van der Waals surface area contributed by atoms with Gasteiger partial charge in [-0.15, -0.1) is 0 Å². The van der Waals surface area contributed by atoms with E-state index in [4.69, 9.17) is 0 Å². The van der Waals surface area contributed by atoms with E-state index >= 15 is 0 Å². The maximum atomic E-state index is 12.7. The Hall–Kier alpha value is -3.15. The van der Waals surface area contributed by atoms with Crippen LogP contribution in [0.15, 0.2) is 47.5 Å². The molecule has 6 nitrogen and oxygen atoms in total. The third-order valence-corrected chi connectivity index (χ3v) is 5.52. The zero-order valence-corrected chi connectivity index (χ0v) is 18.2. The van der Waals surface area contributed by atoms with Gasteiger partial charge >= 0.3 is 0 Å². The van der Waals surface area contributed by atoms with Gasteiger partial charge in [-0.05, 0) is 67.0 Å². The van der Waals surface area contributed by atoms with Gasteiger partial charge in [0.05, 0.1) is 0 Å². The van der Waals surface area contributed by atoms with Gasteiger partial charge in [-0.3, -0.25) is 19.9 Å². The summed E-state index contributed by atoms with van der Waals surface area (Å²) in [7, 11) is 0. The van der Waals surface area contributed by atoms with Gasteiger partial charge in [0.15, 0.2) is 11.7 Å². The van der Waals surface area contributed by atoms with Crippen LogP contribution in [0.25, 0.3) is 0 Å². The van der Waals surface area contributed by atoms with Crippen molar-refractivity contribution in [2.45, 2.75) is 45.4 Å². The van der Waals surface area contributed by atoms with Crippen molar-refractivity contribution in [2.75, 3.05) is 18.4 Å². The molecule has 0 spiro atoms. The number of aliphatic imine (C=N–C) groups is 1. The predicted octanol–water partition coefficient (Wildman–Crippen LogP) is 4.62. The molecule has 0 aromatic heterocycles. The molecule has 2 aliphatic rings. The summed E-state index contributed by atoms with van der Waals surface area (Å²) in [6.07, 6.45) is 3.78. The van der Waals surface area contributed by atoms with Crippen molar-refractivity contribution in [3.8, 4) is 0 Å². The van der Waals surface area contributed by atoms with Crippen molar-refractivity contribution < 1.29 is 9.59 Å². The molecule has 1 aliphatic carbocycles. The summed E-state index contributed by atoms with van der Waals surface area (Å²) in [6.45, 7) is 5.67. The molecule has 3 N–H and O–H groups in total. The maximum Gasteiger partial charge on any atom is 0.257 e. The Morgan fingerprint density at radius 3 is 2.68 bits per heavy atom. The lowest BCUT2D eigenvalue weighted by Gasteiger charge is -2.17. The Bertz CT molecular complexity index is 1010. The molecule has 1 fully saturated rings. The predicted molar refractivity (Wildman–Crippen MR) is 124 cm³/mol. The van der Waals surface area contributed by atoms with Crippen LogP contribution >= 0.6 is 0 Å². The van der Waals surface area contributed by atoms with Crippen LogP contribution in [0.3, 0.4) is 0 Å². The summed E-state index contributed by atoms with van der Waals surface area (Å²) in [5, 5.41) is 9.46. The van der Waals surface area contributed by atoms with E-state index in [2.05, 4.69) is 34.8 Å². The molecule has 0 saturated heterocycles. The third-order valence-electron chi connectivity index (χ3n) is 5.52. The normalized spacial score (nSPS) is 15.8. The average Bonchev–Trinajstić information content (AvgIpc) is 3.60. The number of amides is 1. The number of hydrogen-bond acceptors (Lipinski definition) is 5. The molecular formula is C25H30N4O2. The summed E-state index contributed by atoms with van der Waals surface area (Å²) in [5.41, 5.74) is 4.37. The van der Waals surface area contributed by atoms with E-state index in [1.165, 1.54) is 0 Å². The Morgan fingerprint density at radius 1 is 1.13 bits per heavy atom. The van der Waals surface area contributed by atoms with Crippen LogP contribution in [-0.2, 0) is 0 Å². The fourth-order valence-electron chi connectivity index (χ4n) is 3.76. The zero-order chi connectivity index (χ0) is 21.8. The van der Waals surface area contributed by atoms with Crippen LogP contribution in [0.5, 0.6) is 0 Å². The molecule has 31 heavy (non-hydrogen) atoms. The number of nitrogens with one attached hydrogen (secondary N) is 3. The molecule has 0 atom stereocenters. The van der Waals surface area contributed by atoms with Gasteiger partial charge in [-0.2, -0.15) is 0 Å². The van der Waals surface area contributed by atoms with Gasteiger partial charge in [-0.25, -0.2) is 0 Å². The second-order valence-corrected chi connectivity index (χ2v) is 8.77. The first-order chi connectivity index (χ1) is 15.0. The second-order valence-electron chi connectivity index (χ2n) is 8.77. The van der Waals surface area contributed by atoms with Crippen LogP contribution < -0.4 is 16.0 Å². The SMILES string of the molecule is CC(C)CC(=O)c1cccc(Nc2ccc(C(=O)NC3=NCCCN3)cc2C2CC2)c1. The van der Waals surface area contributed by atoms with Gasteiger partial charge in [0.1, 0.15) is 0 Å². The standard InChI is InChI=1S/C25H30N4O2/c1-16(2)13-23(30)18-5-3-6-20(14-18)28-22-10-9-19(15-21(22)17-7-8-17)24(31)29-25-26-11-4-12-27-25/h3,5-6,9-10,14-17,28H,4,7-8,11-13H2,1-2H3,(H2,26,27,29,31). The number of nitrogens with zero attached hydrogens (tertiary/aromatic N) is 1. The highest BCUT2D eigenvalue weighted by Crippen LogP contribution is 2.44. The number of Topliss-reactive ketones (excluding diaryl/α,β-unsaturated/α-hetero) is 1. The van der Waals surface area contributed by atoms with Crippen molar-refractivity contribution in [2.24, 2.45) is 10.9 Å². The first-order valence-corrected chi connectivity index (χ1v) is 11.1. The lowest BCUT2D eigenvalue weighted by atomic mass is 10.0. The minimum atomic E-state index is -0.150. The summed E-state index contributed by atoms with van der Waals surface area (Å²) < 4.78 is 0. The second kappa shape index (κ2) is 9.33. The van der Waals surface area contributed by atoms with Crippen LogP contribution in [0.4, 0.5) is 11.4 Å². The average molecular weight is 419 g/mol. The maximum absolute atomic E-state index is 12.7. The third kappa shape index (κ3) is 5.51. The number of guanidine groups is 1. The van der Waals surface area contributed by atoms with E-state index in [1.54, 1.807) is 0 Å². The number of ketones is 1. The minimum absolute atomic E-state index is 0.150. The molecular weight excluding hydrogens is 388 g/mol. The highest BCUT2D eigenvalue weighted by atomic mass is 16.2. The summed E-state index contributed by atoms with van der Waals surface area (Å²) >= 11 is 0. The quantitative estimate of drug-likeness (QED) is 0.573. The number of anilines is 2. The Morgan fingerprint density at radius 2 is 1.97 bits per heavy atom. The molecule has 1 amide bonds. The molecule has 2 aromatic carbocycles. The van der Waals surface area contributed by atoms with Crippen molar-refractivity contribution in [3.63, 3.8) is 0 Å². The first kappa shape index (κ1) is 21.1. The van der Waals surface area contributed by atoms with Gasteiger partial charge < -0.3 is 10.6 Å². The summed E-state index contributed by atoms with van der Waals surface area (Å²) in [4.78, 5) is 29.4. The van der Waals surface area contributed by atoms with Gasteiger partial charge in [0.2, 0.25) is 0 Å². The first-order valence-electron chi connectivity index (χ1n) is 11.1. The smallest absolute Gasteiger partial charge is 0.257 e. The van der Waals surface area contributed by atoms with Crippen LogP contribution in [-0.4, -0.2) is 30.7 Å². The fraction of sp³-hybridized carbons (Fsp3) is 0.400. The van der Waals surface area contributed by atoms with E-state index in [0.717, 1.165) is 54.9 Å². The number of benzene rings is 2. The van der Waals surface area contributed by atoms with Crippen molar-refractivity contribution in [1.29, 1.82) is 0 Å². The zero-order valence-electron chi connectivity index (χ0n) is 18.2. The number of hydrogen-bond donors (Lipinski definition) is 3. The lowest BCUT2D eigenvalue weighted by Crippen LogP contribution is -2.43. The summed E-state index contributed by atoms with van der Waals surface area (Å²) in [6, 6.07) is 13.4. The largest absolute Gasteiger partial charge is 0.356 e. The van der Waals surface area contributed by atoms with Crippen molar-refractivity contribution in [3.05, 3.63) is 59.2 Å². The molecule has 4 rings (SSSR count). The van der Waals surface area contributed by atoms with Gasteiger partial charge in [-0.1, -0.05) is 26.0 Å². The van der Waals surface area contributed by atoms with Crippen LogP contribution in [0.1, 0.15) is 71.7 Å². The molecule has 1 heterocycles. The van der Waals surface area contributed by atoms with E-state index in [1.807, 2.05) is 42.5 Å². The molecule has 6 heteroatoms. The molecule has 0 radical (unpaired) electrons. The highest BCUT2D eigenvalue weighted by Gasteiger charge is 2.27. The lowest BCUT2D eigenvalue weighted by molar-refractivity contribution is 0.0962. The van der Waals surface area contributed by atoms with Gasteiger partial charge in [0.25, 0.3) is 5.91 Å². The monoisotopic (exact) mass is 418 g/mol. The molecule has 2 aromatic rings. The number of carbonyl (C=O) groups is 2. The van der Waals surface area contributed by atoms with E-state index in [9.17, 15) is 9.59 Å². The van der Waals surface area contributed by atoms with E-state index in [-0.39, 0.29) is 11.7 Å². The van der Waals surface area contributed by atoms with Crippen LogP contribution in [0.2, 0.25) is 0 Å².